The number of benzene rings is 1. The third-order valence-electron chi connectivity index (χ3n) is 3.04. The van der Waals surface area contributed by atoms with Gasteiger partial charge in [0.25, 0.3) is 5.91 Å². The average molecular weight is 287 g/mol. The summed E-state index contributed by atoms with van der Waals surface area (Å²) in [5, 5.41) is 2.85. The first-order valence-corrected chi connectivity index (χ1v) is 7.07. The van der Waals surface area contributed by atoms with Crippen LogP contribution >= 0.6 is 0 Å². The number of aryl methyl sites for hydroxylation is 3. The normalized spacial score (nSPS) is 10.4. The molecule has 1 heterocycles. The van der Waals surface area contributed by atoms with Gasteiger partial charge >= 0.3 is 0 Å². The van der Waals surface area contributed by atoms with Gasteiger partial charge in [-0.3, -0.25) is 4.79 Å². The molecule has 0 aliphatic rings. The molecule has 2 rings (SSSR count). The van der Waals surface area contributed by atoms with Gasteiger partial charge in [0.15, 0.2) is 6.61 Å². The molecule has 0 spiro atoms. The molecular weight excluding hydrogens is 266 g/mol. The van der Waals surface area contributed by atoms with Crippen molar-refractivity contribution in [2.24, 2.45) is 0 Å². The highest BCUT2D eigenvalue weighted by Gasteiger charge is 2.03. The van der Waals surface area contributed by atoms with Crippen LogP contribution in [0.2, 0.25) is 0 Å². The zero-order chi connectivity index (χ0) is 15.1. The van der Waals surface area contributed by atoms with E-state index in [1.54, 1.807) is 12.5 Å². The highest BCUT2D eigenvalue weighted by atomic mass is 16.5. The maximum Gasteiger partial charge on any atom is 0.257 e. The fraction of sp³-hybridized carbons (Fsp3) is 0.375. The van der Waals surface area contributed by atoms with Crippen molar-refractivity contribution in [1.29, 1.82) is 0 Å². The molecule has 0 aliphatic carbocycles. The summed E-state index contributed by atoms with van der Waals surface area (Å²) < 4.78 is 7.49. The number of carbonyl (C=O) groups excluding carboxylic acids is 1. The molecule has 0 saturated carbocycles. The van der Waals surface area contributed by atoms with Crippen LogP contribution in [0.5, 0.6) is 5.75 Å². The standard InChI is InChI=1S/C16H21N3O2/c1-13-8-14(2)10-15(9-13)21-11-16(20)18-4-3-6-19-7-5-17-12-19/h5,7-10,12H,3-4,6,11H2,1-2H3,(H,18,20). The molecule has 21 heavy (non-hydrogen) atoms. The van der Waals surface area contributed by atoms with Crippen molar-refractivity contribution < 1.29 is 9.53 Å². The highest BCUT2D eigenvalue weighted by molar-refractivity contribution is 5.77. The Balaban J connectivity index is 1.65. The van der Waals surface area contributed by atoms with E-state index in [1.165, 1.54) is 0 Å². The molecule has 2 aromatic rings. The fourth-order valence-corrected chi connectivity index (χ4v) is 2.12. The highest BCUT2D eigenvalue weighted by Crippen LogP contribution is 2.15. The first-order valence-electron chi connectivity index (χ1n) is 7.07. The molecule has 0 fully saturated rings. The Bertz CT molecular complexity index is 559. The van der Waals surface area contributed by atoms with Gasteiger partial charge in [-0.25, -0.2) is 4.98 Å². The molecule has 112 valence electrons. The van der Waals surface area contributed by atoms with Crippen LogP contribution in [0.1, 0.15) is 17.5 Å². The minimum absolute atomic E-state index is 0.0496. The van der Waals surface area contributed by atoms with Crippen LogP contribution in [0.15, 0.2) is 36.9 Å². The third-order valence-corrected chi connectivity index (χ3v) is 3.04. The Morgan fingerprint density at radius 2 is 2.05 bits per heavy atom. The van der Waals surface area contributed by atoms with Gasteiger partial charge in [0.1, 0.15) is 5.75 Å². The molecule has 5 nitrogen and oxygen atoms in total. The van der Waals surface area contributed by atoms with Crippen molar-refractivity contribution in [3.63, 3.8) is 0 Å². The van der Waals surface area contributed by atoms with Gasteiger partial charge < -0.3 is 14.6 Å². The molecule has 0 bridgehead atoms. The lowest BCUT2D eigenvalue weighted by molar-refractivity contribution is -0.123. The number of imidazole rings is 1. The SMILES string of the molecule is Cc1cc(C)cc(OCC(=O)NCCCn2ccnc2)c1. The van der Waals surface area contributed by atoms with Gasteiger partial charge in [-0.2, -0.15) is 0 Å². The molecule has 1 amide bonds. The average Bonchev–Trinajstić information content (AvgIpc) is 2.93. The Hall–Kier alpha value is -2.30. The number of amides is 1. The first-order chi connectivity index (χ1) is 10.1. The van der Waals surface area contributed by atoms with Crippen molar-refractivity contribution in [3.05, 3.63) is 48.0 Å². The predicted octanol–water partition coefficient (Wildman–Crippen LogP) is 2.09. The van der Waals surface area contributed by atoms with Crippen LogP contribution in [0, 0.1) is 13.8 Å². The quantitative estimate of drug-likeness (QED) is 0.793. The number of nitrogens with one attached hydrogen (secondary N) is 1. The van der Waals surface area contributed by atoms with Crippen LogP contribution in [-0.2, 0) is 11.3 Å². The Labute approximate surface area is 125 Å². The smallest absolute Gasteiger partial charge is 0.257 e. The molecule has 0 aliphatic heterocycles. The number of rotatable bonds is 7. The summed E-state index contributed by atoms with van der Waals surface area (Å²) in [6.07, 6.45) is 6.29. The maximum absolute atomic E-state index is 11.7. The molecule has 1 aromatic heterocycles. The summed E-state index contributed by atoms with van der Waals surface area (Å²) in [6.45, 7) is 5.55. The molecule has 0 radical (unpaired) electrons. The van der Waals surface area contributed by atoms with Gasteiger partial charge in [0, 0.05) is 25.5 Å². The van der Waals surface area contributed by atoms with E-state index < -0.39 is 0 Å². The monoisotopic (exact) mass is 287 g/mol. The molecule has 1 aromatic carbocycles. The number of ether oxygens (including phenoxy) is 1. The zero-order valence-corrected chi connectivity index (χ0v) is 12.5. The van der Waals surface area contributed by atoms with Crippen molar-refractivity contribution in [3.8, 4) is 5.75 Å². The van der Waals surface area contributed by atoms with E-state index in [1.807, 2.05) is 36.7 Å². The van der Waals surface area contributed by atoms with Crippen LogP contribution in [0.25, 0.3) is 0 Å². The Morgan fingerprint density at radius 1 is 1.29 bits per heavy atom. The van der Waals surface area contributed by atoms with Crippen LogP contribution in [-0.4, -0.2) is 28.6 Å². The molecule has 0 unspecified atom stereocenters. The first kappa shape index (κ1) is 15.1. The Kier molecular flexibility index (Phi) is 5.37. The number of hydrogen-bond donors (Lipinski definition) is 1. The van der Waals surface area contributed by atoms with Crippen molar-refractivity contribution in [2.45, 2.75) is 26.8 Å². The summed E-state index contributed by atoms with van der Waals surface area (Å²) in [4.78, 5) is 15.7. The number of hydrogen-bond acceptors (Lipinski definition) is 3. The van der Waals surface area contributed by atoms with Gasteiger partial charge in [0.2, 0.25) is 0 Å². The lowest BCUT2D eigenvalue weighted by atomic mass is 10.1. The van der Waals surface area contributed by atoms with E-state index >= 15 is 0 Å². The molecule has 0 atom stereocenters. The molecule has 5 heteroatoms. The summed E-state index contributed by atoms with van der Waals surface area (Å²) in [5.41, 5.74) is 2.26. The van der Waals surface area contributed by atoms with Crippen molar-refractivity contribution in [2.75, 3.05) is 13.2 Å². The largest absolute Gasteiger partial charge is 0.484 e. The van der Waals surface area contributed by atoms with Gasteiger partial charge in [0.05, 0.1) is 6.33 Å². The topological polar surface area (TPSA) is 56.1 Å². The van der Waals surface area contributed by atoms with E-state index in [4.69, 9.17) is 4.74 Å². The van der Waals surface area contributed by atoms with E-state index in [-0.39, 0.29) is 12.5 Å². The predicted molar refractivity (Wildman–Crippen MR) is 81.3 cm³/mol. The fourth-order valence-electron chi connectivity index (χ4n) is 2.12. The summed E-state index contributed by atoms with van der Waals surface area (Å²) >= 11 is 0. The maximum atomic E-state index is 11.7. The molecule has 1 N–H and O–H groups in total. The Morgan fingerprint density at radius 3 is 2.71 bits per heavy atom. The van der Waals surface area contributed by atoms with Crippen molar-refractivity contribution in [1.82, 2.24) is 14.9 Å². The molecular formula is C16H21N3O2. The molecule has 0 saturated heterocycles. The van der Waals surface area contributed by atoms with Gasteiger partial charge in [-0.15, -0.1) is 0 Å². The third kappa shape index (κ3) is 5.30. The number of nitrogens with zero attached hydrogens (tertiary/aromatic N) is 2. The summed E-state index contributed by atoms with van der Waals surface area (Å²) in [6, 6.07) is 5.93. The van der Waals surface area contributed by atoms with E-state index in [0.717, 1.165) is 29.8 Å². The zero-order valence-electron chi connectivity index (χ0n) is 12.5. The second-order valence-corrected chi connectivity index (χ2v) is 5.12. The summed E-state index contributed by atoms with van der Waals surface area (Å²) in [5.74, 6) is 0.640. The van der Waals surface area contributed by atoms with Crippen molar-refractivity contribution >= 4 is 5.91 Å². The van der Waals surface area contributed by atoms with E-state index in [9.17, 15) is 4.79 Å². The lowest BCUT2D eigenvalue weighted by Crippen LogP contribution is -2.30. The van der Waals surface area contributed by atoms with E-state index in [2.05, 4.69) is 16.4 Å². The van der Waals surface area contributed by atoms with Gasteiger partial charge in [-0.05, 0) is 43.5 Å². The van der Waals surface area contributed by atoms with Crippen LogP contribution in [0.3, 0.4) is 0 Å². The second-order valence-electron chi connectivity index (χ2n) is 5.12. The summed E-state index contributed by atoms with van der Waals surface area (Å²) in [7, 11) is 0. The second kappa shape index (κ2) is 7.47. The minimum atomic E-state index is -0.0974. The number of carbonyl (C=O) groups is 1. The number of aromatic nitrogens is 2. The lowest BCUT2D eigenvalue weighted by Gasteiger charge is -2.09. The minimum Gasteiger partial charge on any atom is -0.484 e. The van der Waals surface area contributed by atoms with Crippen LogP contribution < -0.4 is 10.1 Å². The van der Waals surface area contributed by atoms with Crippen LogP contribution in [0.4, 0.5) is 0 Å². The van der Waals surface area contributed by atoms with Gasteiger partial charge in [-0.1, -0.05) is 6.07 Å². The van der Waals surface area contributed by atoms with E-state index in [0.29, 0.717) is 6.54 Å².